The predicted molar refractivity (Wildman–Crippen MR) is 139 cm³/mol. The first kappa shape index (κ1) is 24.0. The van der Waals surface area contributed by atoms with Crippen molar-refractivity contribution >= 4 is 11.9 Å². The number of esters is 2. The number of carbonyl (C=O) groups is 2. The normalized spacial score (nSPS) is 28.4. The van der Waals surface area contributed by atoms with Crippen LogP contribution in [0.1, 0.15) is 73.5 Å². The first-order valence-electron chi connectivity index (χ1n) is 15.0. The predicted octanol–water partition coefficient (Wildman–Crippen LogP) is 2.58. The Hall–Kier alpha value is -2.82. The molecule has 1 saturated heterocycles. The molecule has 3 aliphatic heterocycles. The number of ether oxygens (including phenoxy) is 5. The standard InChI is InChI=1S/C29H39NO9/c1-27(2,33)8-5-10-29(34,16-23(31)36-4)26(32)39-25-22(35-3)15-28-9-6-11-30(28)12-7-18-13-20-21(38-17-37-20)14-19(18)24(25)28/h13-15,24-25,33-34H,5-12,16-17H2,1-4H3/t24-,25?,28-,29-/m1/s1/i4D3. The molecule has 10 heteroatoms. The number of fused-ring (bicyclic) bond motifs is 3. The molecular weight excluding hydrogens is 506 g/mol. The molecule has 3 heterocycles. The Morgan fingerprint density at radius 3 is 2.69 bits per heavy atom. The summed E-state index contributed by atoms with van der Waals surface area (Å²) in [4.78, 5) is 28.8. The summed E-state index contributed by atoms with van der Waals surface area (Å²) in [5.74, 6) is -1.08. The zero-order chi connectivity index (χ0) is 30.5. The summed E-state index contributed by atoms with van der Waals surface area (Å²) in [7, 11) is -1.54. The van der Waals surface area contributed by atoms with E-state index in [0.29, 0.717) is 17.3 Å². The van der Waals surface area contributed by atoms with E-state index < -0.39 is 54.2 Å². The van der Waals surface area contributed by atoms with Gasteiger partial charge in [-0.05, 0) is 88.3 Å². The van der Waals surface area contributed by atoms with Crippen molar-refractivity contribution in [2.75, 3.05) is 34.0 Å². The van der Waals surface area contributed by atoms with Crippen molar-refractivity contribution in [3.05, 3.63) is 35.1 Å². The SMILES string of the molecule is [2H]C([2H])([2H])OC(=O)C[C@](O)(CCCC(C)(C)O)C(=O)OC1C(OC)=C[C@@]23CCCN2CCc2cc4c(cc2[C@H]13)OCO4. The first-order valence-corrected chi connectivity index (χ1v) is 13.5. The lowest BCUT2D eigenvalue weighted by Crippen LogP contribution is -2.49. The van der Waals surface area contributed by atoms with Gasteiger partial charge in [0.2, 0.25) is 6.79 Å². The first-order chi connectivity index (χ1) is 19.6. The average Bonchev–Trinajstić information content (AvgIpc) is 3.55. The molecule has 0 amide bonds. The van der Waals surface area contributed by atoms with Crippen LogP contribution in [0.15, 0.2) is 24.0 Å². The van der Waals surface area contributed by atoms with E-state index in [4.69, 9.17) is 23.1 Å². The van der Waals surface area contributed by atoms with Crippen LogP contribution in [0.2, 0.25) is 0 Å². The van der Waals surface area contributed by atoms with Crippen LogP contribution in [0, 0.1) is 0 Å². The van der Waals surface area contributed by atoms with E-state index in [2.05, 4.69) is 9.64 Å². The quantitative estimate of drug-likeness (QED) is 0.445. The van der Waals surface area contributed by atoms with Crippen molar-refractivity contribution in [2.24, 2.45) is 0 Å². The fourth-order valence-electron chi connectivity index (χ4n) is 6.67. The molecule has 1 aliphatic carbocycles. The van der Waals surface area contributed by atoms with Crippen molar-refractivity contribution < 1.29 is 47.6 Å². The van der Waals surface area contributed by atoms with Crippen LogP contribution in [0.5, 0.6) is 11.5 Å². The minimum Gasteiger partial charge on any atom is -0.497 e. The monoisotopic (exact) mass is 548 g/mol. The van der Waals surface area contributed by atoms with E-state index in [9.17, 15) is 19.8 Å². The van der Waals surface area contributed by atoms with Gasteiger partial charge in [-0.25, -0.2) is 4.79 Å². The van der Waals surface area contributed by atoms with Gasteiger partial charge in [0.15, 0.2) is 23.2 Å². The third-order valence-electron chi connectivity index (χ3n) is 8.51. The van der Waals surface area contributed by atoms with Gasteiger partial charge in [0.25, 0.3) is 0 Å². The van der Waals surface area contributed by atoms with Crippen molar-refractivity contribution in [1.82, 2.24) is 4.90 Å². The van der Waals surface area contributed by atoms with Crippen LogP contribution in [-0.4, -0.2) is 83.9 Å². The maximum absolute atomic E-state index is 13.9. The minimum atomic E-state index is -3.04. The molecule has 5 rings (SSSR count). The van der Waals surface area contributed by atoms with Crippen LogP contribution in [-0.2, 0) is 30.2 Å². The Labute approximate surface area is 233 Å². The second-order valence-electron chi connectivity index (χ2n) is 11.6. The minimum absolute atomic E-state index is 0.115. The van der Waals surface area contributed by atoms with Gasteiger partial charge < -0.3 is 33.9 Å². The summed E-state index contributed by atoms with van der Waals surface area (Å²) in [6.07, 6.45) is 2.74. The molecule has 10 nitrogen and oxygen atoms in total. The molecule has 39 heavy (non-hydrogen) atoms. The Bertz CT molecular complexity index is 1260. The summed E-state index contributed by atoms with van der Waals surface area (Å²) in [6.45, 7) is 4.92. The van der Waals surface area contributed by atoms with E-state index >= 15 is 0 Å². The van der Waals surface area contributed by atoms with E-state index in [1.165, 1.54) is 7.11 Å². The number of hydrogen-bond acceptors (Lipinski definition) is 10. The number of benzene rings is 1. The van der Waals surface area contributed by atoms with Crippen molar-refractivity contribution in [3.8, 4) is 11.5 Å². The fraction of sp³-hybridized carbons (Fsp3) is 0.655. The number of methoxy groups -OCH3 is 2. The molecule has 4 atom stereocenters. The zero-order valence-corrected chi connectivity index (χ0v) is 22.7. The van der Waals surface area contributed by atoms with Crippen LogP contribution in [0.3, 0.4) is 0 Å². The molecule has 0 bridgehead atoms. The molecule has 1 aromatic carbocycles. The van der Waals surface area contributed by atoms with E-state index in [-0.39, 0.29) is 26.1 Å². The van der Waals surface area contributed by atoms with Gasteiger partial charge >= 0.3 is 11.9 Å². The molecule has 1 aromatic rings. The van der Waals surface area contributed by atoms with Gasteiger partial charge in [0.1, 0.15) is 5.76 Å². The summed E-state index contributed by atoms with van der Waals surface area (Å²) >= 11 is 0. The van der Waals surface area contributed by atoms with Gasteiger partial charge in [-0.2, -0.15) is 0 Å². The molecule has 0 saturated carbocycles. The van der Waals surface area contributed by atoms with E-state index in [0.717, 1.165) is 43.5 Å². The number of aliphatic hydroxyl groups is 2. The molecule has 0 radical (unpaired) electrons. The highest BCUT2D eigenvalue weighted by Crippen LogP contribution is 2.55. The second kappa shape index (κ2) is 10.3. The van der Waals surface area contributed by atoms with Gasteiger partial charge in [0, 0.05) is 6.54 Å². The molecule has 1 fully saturated rings. The fourth-order valence-corrected chi connectivity index (χ4v) is 6.67. The summed E-state index contributed by atoms with van der Waals surface area (Å²) in [5, 5.41) is 21.7. The van der Waals surface area contributed by atoms with Crippen LogP contribution >= 0.6 is 0 Å². The zero-order valence-electron chi connectivity index (χ0n) is 25.7. The second-order valence-corrected chi connectivity index (χ2v) is 11.6. The molecule has 2 N–H and O–H groups in total. The lowest BCUT2D eigenvalue weighted by molar-refractivity contribution is -0.178. The van der Waals surface area contributed by atoms with Crippen LogP contribution in [0.4, 0.5) is 0 Å². The Kier molecular flexibility index (Phi) is 6.34. The van der Waals surface area contributed by atoms with E-state index in [1.54, 1.807) is 13.8 Å². The van der Waals surface area contributed by atoms with Gasteiger partial charge in [0.05, 0.1) is 41.7 Å². The van der Waals surface area contributed by atoms with Gasteiger partial charge in [-0.3, -0.25) is 9.69 Å². The van der Waals surface area contributed by atoms with Gasteiger partial charge in [-0.15, -0.1) is 0 Å². The highest BCUT2D eigenvalue weighted by Gasteiger charge is 2.59. The third kappa shape index (κ3) is 5.10. The largest absolute Gasteiger partial charge is 0.497 e. The maximum Gasteiger partial charge on any atom is 0.339 e. The third-order valence-corrected chi connectivity index (χ3v) is 8.51. The Morgan fingerprint density at radius 2 is 1.97 bits per heavy atom. The molecular formula is C29H39NO9. The lowest BCUT2D eigenvalue weighted by Gasteiger charge is -2.39. The lowest BCUT2D eigenvalue weighted by atomic mass is 9.77. The van der Waals surface area contributed by atoms with Crippen LogP contribution in [0.25, 0.3) is 0 Å². The molecule has 214 valence electrons. The molecule has 1 spiro atoms. The van der Waals surface area contributed by atoms with Crippen molar-refractivity contribution in [3.63, 3.8) is 0 Å². The van der Waals surface area contributed by atoms with Crippen LogP contribution < -0.4 is 9.47 Å². The van der Waals surface area contributed by atoms with Gasteiger partial charge in [-0.1, -0.05) is 0 Å². The highest BCUT2D eigenvalue weighted by molar-refractivity contribution is 5.86. The number of hydrogen-bond donors (Lipinski definition) is 2. The molecule has 4 aliphatic rings. The van der Waals surface area contributed by atoms with Crippen molar-refractivity contribution in [1.29, 1.82) is 0 Å². The summed E-state index contributed by atoms with van der Waals surface area (Å²) in [6, 6.07) is 3.90. The summed E-state index contributed by atoms with van der Waals surface area (Å²) in [5.41, 5.74) is -2.03. The smallest absolute Gasteiger partial charge is 0.339 e. The van der Waals surface area contributed by atoms with Crippen molar-refractivity contribution in [2.45, 2.75) is 87.6 Å². The number of rotatable bonds is 9. The maximum atomic E-state index is 13.9. The number of nitrogens with zero attached hydrogens (tertiary/aromatic N) is 1. The summed E-state index contributed by atoms with van der Waals surface area (Å²) < 4.78 is 49.4. The highest BCUT2D eigenvalue weighted by atomic mass is 16.7. The molecule has 1 unspecified atom stereocenters. The average molecular weight is 549 g/mol. The number of carbonyl (C=O) groups excluding carboxylic acids is 2. The Morgan fingerprint density at radius 1 is 1.21 bits per heavy atom. The topological polar surface area (TPSA) is 124 Å². The molecule has 0 aromatic heterocycles. The van der Waals surface area contributed by atoms with E-state index in [1.807, 2.05) is 18.2 Å². The Balaban J connectivity index is 1.49.